The van der Waals surface area contributed by atoms with Gasteiger partial charge in [0.05, 0.1) is 18.8 Å². The zero-order valence-electron chi connectivity index (χ0n) is 12.0. The maximum atomic E-state index is 13.6. The summed E-state index contributed by atoms with van der Waals surface area (Å²) in [4.78, 5) is 11.2. The fraction of sp³-hybridized carbons (Fsp3) is 0.714. The predicted octanol–water partition coefficient (Wildman–Crippen LogP) is 1.25. The summed E-state index contributed by atoms with van der Waals surface area (Å²) in [5, 5.41) is 22.8. The van der Waals surface area contributed by atoms with Crippen LogP contribution in [-0.4, -0.2) is 50.7 Å². The lowest BCUT2D eigenvalue weighted by Crippen LogP contribution is -2.33. The molecule has 0 unspecified atom stereocenters. The molecule has 2 heterocycles. The van der Waals surface area contributed by atoms with Gasteiger partial charge in [-0.1, -0.05) is 0 Å². The highest BCUT2D eigenvalue weighted by molar-refractivity contribution is 5.87. The first-order chi connectivity index (χ1) is 10.4. The van der Waals surface area contributed by atoms with E-state index in [1.165, 1.54) is 4.68 Å². The largest absolute Gasteiger partial charge is 0.476 e. The zero-order chi connectivity index (χ0) is 15.9. The molecule has 122 valence electrons. The summed E-state index contributed by atoms with van der Waals surface area (Å²) in [6.45, 7) is 0.706. The number of halogens is 2. The molecule has 6 nitrogen and oxygen atoms in total. The molecule has 0 bridgehead atoms. The number of carbonyl (C=O) groups is 1. The zero-order valence-corrected chi connectivity index (χ0v) is 12.0. The van der Waals surface area contributed by atoms with E-state index in [0.29, 0.717) is 25.1 Å². The first-order valence-corrected chi connectivity index (χ1v) is 7.35. The van der Waals surface area contributed by atoms with Crippen molar-refractivity contribution < 1.29 is 28.5 Å². The number of aromatic carboxylic acids is 1. The second kappa shape index (κ2) is 5.58. The van der Waals surface area contributed by atoms with Gasteiger partial charge in [-0.05, 0) is 12.8 Å². The van der Waals surface area contributed by atoms with Crippen LogP contribution in [0.3, 0.4) is 0 Å². The molecule has 8 heteroatoms. The van der Waals surface area contributed by atoms with Crippen LogP contribution in [0.1, 0.15) is 41.0 Å². The van der Waals surface area contributed by atoms with E-state index in [1.54, 1.807) is 0 Å². The third-order valence-corrected chi connectivity index (χ3v) is 4.25. The summed E-state index contributed by atoms with van der Waals surface area (Å²) in [6, 6.07) is 0. The lowest BCUT2D eigenvalue weighted by Gasteiger charge is -2.28. The van der Waals surface area contributed by atoms with Crippen LogP contribution in [0.25, 0.3) is 0 Å². The van der Waals surface area contributed by atoms with Crippen molar-refractivity contribution in [2.75, 3.05) is 6.61 Å². The molecule has 1 fully saturated rings. The molecule has 0 spiro atoms. The van der Waals surface area contributed by atoms with Crippen LogP contribution in [-0.2, 0) is 24.1 Å². The Bertz CT molecular complexity index is 588. The van der Waals surface area contributed by atoms with Crippen molar-refractivity contribution in [3.05, 3.63) is 17.0 Å². The average Bonchev–Trinajstić information content (AvgIpc) is 2.75. The van der Waals surface area contributed by atoms with Gasteiger partial charge in [-0.15, -0.1) is 0 Å². The van der Waals surface area contributed by atoms with Gasteiger partial charge in [-0.3, -0.25) is 4.68 Å². The molecule has 1 aliphatic heterocycles. The second-order valence-corrected chi connectivity index (χ2v) is 5.96. The molecule has 1 aromatic heterocycles. The summed E-state index contributed by atoms with van der Waals surface area (Å²) in [5.41, 5.74) is 0.373. The molecule has 1 aliphatic carbocycles. The number of aromatic nitrogens is 2. The van der Waals surface area contributed by atoms with E-state index in [-0.39, 0.29) is 36.7 Å². The van der Waals surface area contributed by atoms with Crippen molar-refractivity contribution in [3.63, 3.8) is 0 Å². The lowest BCUT2D eigenvalue weighted by atomic mass is 9.92. The topological polar surface area (TPSA) is 84.6 Å². The number of carboxylic acids is 1. The van der Waals surface area contributed by atoms with Crippen molar-refractivity contribution >= 4 is 5.97 Å². The van der Waals surface area contributed by atoms with Gasteiger partial charge < -0.3 is 14.9 Å². The Labute approximate surface area is 125 Å². The van der Waals surface area contributed by atoms with Crippen LogP contribution in [0.2, 0.25) is 0 Å². The van der Waals surface area contributed by atoms with Crippen LogP contribution >= 0.6 is 0 Å². The Hall–Kier alpha value is -1.54. The van der Waals surface area contributed by atoms with E-state index in [9.17, 15) is 23.8 Å². The summed E-state index contributed by atoms with van der Waals surface area (Å²) >= 11 is 0. The lowest BCUT2D eigenvalue weighted by molar-refractivity contribution is -0.0517. The smallest absolute Gasteiger partial charge is 0.356 e. The Morgan fingerprint density at radius 2 is 2.27 bits per heavy atom. The van der Waals surface area contributed by atoms with Gasteiger partial charge in [0.2, 0.25) is 0 Å². The normalized spacial score (nSPS) is 27.4. The van der Waals surface area contributed by atoms with Crippen LogP contribution in [0, 0.1) is 0 Å². The highest BCUT2D eigenvalue weighted by Crippen LogP contribution is 2.35. The van der Waals surface area contributed by atoms with Gasteiger partial charge in [0, 0.05) is 37.1 Å². The Balaban J connectivity index is 1.87. The molecule has 1 saturated heterocycles. The van der Waals surface area contributed by atoms with Crippen molar-refractivity contribution in [2.45, 2.75) is 56.8 Å². The van der Waals surface area contributed by atoms with Gasteiger partial charge in [0.15, 0.2) is 5.69 Å². The third kappa shape index (κ3) is 2.98. The molecule has 2 aliphatic rings. The molecule has 3 rings (SSSR count). The van der Waals surface area contributed by atoms with Crippen LogP contribution < -0.4 is 0 Å². The van der Waals surface area contributed by atoms with E-state index in [1.807, 2.05) is 0 Å². The number of rotatable bonds is 3. The maximum absolute atomic E-state index is 13.6. The Morgan fingerprint density at radius 1 is 1.50 bits per heavy atom. The van der Waals surface area contributed by atoms with E-state index in [4.69, 9.17) is 4.74 Å². The first-order valence-electron chi connectivity index (χ1n) is 7.35. The minimum atomic E-state index is -2.89. The number of hydrogen-bond acceptors (Lipinski definition) is 4. The van der Waals surface area contributed by atoms with Crippen molar-refractivity contribution in [1.82, 2.24) is 9.78 Å². The molecule has 2 atom stereocenters. The van der Waals surface area contributed by atoms with Crippen LogP contribution in [0.5, 0.6) is 0 Å². The monoisotopic (exact) mass is 316 g/mol. The molecule has 0 amide bonds. The van der Waals surface area contributed by atoms with Crippen LogP contribution in [0.15, 0.2) is 0 Å². The molecule has 1 aromatic rings. The summed E-state index contributed by atoms with van der Waals surface area (Å²) in [6.07, 6.45) is -0.521. The Morgan fingerprint density at radius 3 is 2.95 bits per heavy atom. The number of ether oxygens (including phenoxy) is 1. The average molecular weight is 316 g/mol. The quantitative estimate of drug-likeness (QED) is 0.876. The van der Waals surface area contributed by atoms with Gasteiger partial charge >= 0.3 is 5.97 Å². The summed E-state index contributed by atoms with van der Waals surface area (Å²) in [7, 11) is 0. The molecule has 0 aromatic carbocycles. The highest BCUT2D eigenvalue weighted by Gasteiger charge is 2.39. The SMILES string of the molecule is O=C(O)c1nn(C[C@@H]2C[C@@H](O)CCO2)c2c1CC(F)(F)CC2. The fourth-order valence-electron chi connectivity index (χ4n) is 3.15. The fourth-order valence-corrected chi connectivity index (χ4v) is 3.15. The van der Waals surface area contributed by atoms with Gasteiger partial charge in [-0.25, -0.2) is 13.6 Å². The van der Waals surface area contributed by atoms with Gasteiger partial charge in [0.25, 0.3) is 5.92 Å². The van der Waals surface area contributed by atoms with Gasteiger partial charge in [0.1, 0.15) is 0 Å². The second-order valence-electron chi connectivity index (χ2n) is 5.96. The maximum Gasteiger partial charge on any atom is 0.356 e. The third-order valence-electron chi connectivity index (χ3n) is 4.25. The molecule has 0 saturated carbocycles. The number of hydrogen-bond donors (Lipinski definition) is 2. The standard InChI is InChI=1S/C14H18F2N2O4/c15-14(16)3-1-11-10(6-14)12(13(20)21)17-18(11)7-9-5-8(19)2-4-22-9/h8-9,19H,1-7H2,(H,20,21)/t8-,9-/m0/s1. The first kappa shape index (κ1) is 15.4. The highest BCUT2D eigenvalue weighted by atomic mass is 19.3. The minimum absolute atomic E-state index is 0.0951. The van der Waals surface area contributed by atoms with Gasteiger partial charge in [-0.2, -0.15) is 5.10 Å². The summed E-state index contributed by atoms with van der Waals surface area (Å²) < 4.78 is 34.1. The summed E-state index contributed by atoms with van der Waals surface area (Å²) in [5.74, 6) is -4.18. The number of alkyl halides is 2. The number of fused-ring (bicyclic) bond motifs is 1. The predicted molar refractivity (Wildman–Crippen MR) is 71.1 cm³/mol. The molecular formula is C14H18F2N2O4. The molecule has 2 N–H and O–H groups in total. The minimum Gasteiger partial charge on any atom is -0.476 e. The van der Waals surface area contributed by atoms with Crippen LogP contribution in [0.4, 0.5) is 8.78 Å². The van der Waals surface area contributed by atoms with E-state index in [2.05, 4.69) is 5.10 Å². The van der Waals surface area contributed by atoms with E-state index in [0.717, 1.165) is 0 Å². The van der Waals surface area contributed by atoms with Crippen molar-refractivity contribution in [3.8, 4) is 0 Å². The number of aliphatic hydroxyl groups is 1. The Kier molecular flexibility index (Phi) is 3.90. The number of nitrogens with zero attached hydrogens (tertiary/aromatic N) is 2. The molecule has 0 radical (unpaired) electrons. The number of carboxylic acid groups (broad SMARTS) is 1. The molecular weight excluding hydrogens is 298 g/mol. The van der Waals surface area contributed by atoms with E-state index < -0.39 is 24.4 Å². The van der Waals surface area contributed by atoms with E-state index >= 15 is 0 Å². The number of aliphatic hydroxyl groups excluding tert-OH is 1. The van der Waals surface area contributed by atoms with Crippen molar-refractivity contribution in [2.24, 2.45) is 0 Å². The van der Waals surface area contributed by atoms with Crippen molar-refractivity contribution in [1.29, 1.82) is 0 Å². The molecule has 22 heavy (non-hydrogen) atoms.